The Hall–Kier alpha value is -1.12. The molecule has 0 unspecified atom stereocenters. The smallest absolute Gasteiger partial charge is 0.107 e. The molecule has 0 atom stereocenters. The summed E-state index contributed by atoms with van der Waals surface area (Å²) >= 11 is 0. The third kappa shape index (κ3) is 5.33. The van der Waals surface area contributed by atoms with Gasteiger partial charge >= 0.3 is 0 Å². The molecular weight excluding hydrogens is 138 g/mol. The molecule has 0 aliphatic carbocycles. The Morgan fingerprint density at radius 2 is 2.36 bits per heavy atom. The SMILES string of the molecule is C=C/N=C(\CC(C)C)NC=N. The molecule has 0 bridgehead atoms. The molecule has 0 spiro atoms. The van der Waals surface area contributed by atoms with E-state index < -0.39 is 0 Å². The lowest BCUT2D eigenvalue weighted by molar-refractivity contribution is 0.677. The Labute approximate surface area is 67.7 Å². The Balaban J connectivity index is 3.98. The first-order valence-corrected chi connectivity index (χ1v) is 3.63. The minimum atomic E-state index is 0.543. The molecular formula is C8H15N3. The summed E-state index contributed by atoms with van der Waals surface area (Å²) in [6.07, 6.45) is 3.46. The quantitative estimate of drug-likeness (QED) is 0.469. The number of amidine groups is 1. The van der Waals surface area contributed by atoms with E-state index in [1.807, 2.05) is 0 Å². The van der Waals surface area contributed by atoms with Crippen molar-refractivity contribution in [1.82, 2.24) is 5.32 Å². The summed E-state index contributed by atoms with van der Waals surface area (Å²) in [5.74, 6) is 1.34. The molecule has 0 aromatic rings. The number of rotatable bonds is 4. The van der Waals surface area contributed by atoms with Crippen molar-refractivity contribution in [2.24, 2.45) is 10.9 Å². The number of aliphatic imine (C=N–C) groups is 1. The highest BCUT2D eigenvalue weighted by Gasteiger charge is 1.99. The molecule has 0 radical (unpaired) electrons. The van der Waals surface area contributed by atoms with Gasteiger partial charge in [-0.1, -0.05) is 20.4 Å². The molecule has 0 fully saturated rings. The fraction of sp³-hybridized carbons (Fsp3) is 0.500. The largest absolute Gasteiger partial charge is 0.335 e. The number of hydrogen-bond donors (Lipinski definition) is 2. The zero-order valence-electron chi connectivity index (χ0n) is 7.09. The lowest BCUT2D eigenvalue weighted by Crippen LogP contribution is -2.22. The van der Waals surface area contributed by atoms with E-state index in [2.05, 4.69) is 30.7 Å². The first-order chi connectivity index (χ1) is 5.20. The highest BCUT2D eigenvalue weighted by Crippen LogP contribution is 1.99. The van der Waals surface area contributed by atoms with Crippen LogP contribution in [0.2, 0.25) is 0 Å². The summed E-state index contributed by atoms with van der Waals surface area (Å²) in [6.45, 7) is 7.69. The van der Waals surface area contributed by atoms with Gasteiger partial charge in [-0.2, -0.15) is 0 Å². The molecule has 0 aromatic carbocycles. The number of hydrogen-bond acceptors (Lipinski definition) is 2. The van der Waals surface area contributed by atoms with E-state index in [9.17, 15) is 0 Å². The zero-order valence-corrected chi connectivity index (χ0v) is 7.09. The van der Waals surface area contributed by atoms with Crippen molar-refractivity contribution in [3.05, 3.63) is 12.8 Å². The van der Waals surface area contributed by atoms with Gasteiger partial charge in [0.05, 0.1) is 6.34 Å². The van der Waals surface area contributed by atoms with Crippen LogP contribution in [0.3, 0.4) is 0 Å². The second-order valence-corrected chi connectivity index (χ2v) is 2.65. The summed E-state index contributed by atoms with van der Waals surface area (Å²) in [4.78, 5) is 3.97. The highest BCUT2D eigenvalue weighted by molar-refractivity contribution is 5.91. The van der Waals surface area contributed by atoms with E-state index >= 15 is 0 Å². The highest BCUT2D eigenvalue weighted by atomic mass is 15.0. The first kappa shape index (κ1) is 9.88. The maximum atomic E-state index is 6.80. The predicted molar refractivity (Wildman–Crippen MR) is 49.0 cm³/mol. The standard InChI is InChI=1S/C8H15N3/c1-4-10-8(11-6-9)5-7(2)3/h4,6-7H,1,5H2,2-3H3,(H2,9,10,11). The summed E-state index contributed by atoms with van der Waals surface area (Å²) in [5, 5.41) is 9.54. The Morgan fingerprint density at radius 3 is 2.73 bits per heavy atom. The van der Waals surface area contributed by atoms with Crippen LogP contribution in [0.5, 0.6) is 0 Å². The average molecular weight is 153 g/mol. The van der Waals surface area contributed by atoms with Crippen LogP contribution in [-0.2, 0) is 0 Å². The molecule has 0 aliphatic heterocycles. The van der Waals surface area contributed by atoms with E-state index in [4.69, 9.17) is 5.41 Å². The lowest BCUT2D eigenvalue weighted by Gasteiger charge is -2.06. The van der Waals surface area contributed by atoms with Gasteiger partial charge in [0, 0.05) is 12.6 Å². The maximum absolute atomic E-state index is 6.80. The minimum absolute atomic E-state index is 0.543. The Kier molecular flexibility index (Phi) is 5.07. The van der Waals surface area contributed by atoms with Gasteiger partial charge in [0.1, 0.15) is 5.84 Å². The van der Waals surface area contributed by atoms with E-state index in [0.29, 0.717) is 5.92 Å². The van der Waals surface area contributed by atoms with Crippen molar-refractivity contribution in [2.45, 2.75) is 20.3 Å². The van der Waals surface area contributed by atoms with E-state index in [1.54, 1.807) is 0 Å². The number of nitrogens with zero attached hydrogens (tertiary/aromatic N) is 1. The van der Waals surface area contributed by atoms with Crippen LogP contribution in [0.4, 0.5) is 0 Å². The number of nitrogens with one attached hydrogen (secondary N) is 2. The zero-order chi connectivity index (χ0) is 8.69. The van der Waals surface area contributed by atoms with Gasteiger partial charge in [-0.05, 0) is 5.92 Å². The third-order valence-electron chi connectivity index (χ3n) is 1.09. The first-order valence-electron chi connectivity index (χ1n) is 3.63. The van der Waals surface area contributed by atoms with Crippen molar-refractivity contribution in [1.29, 1.82) is 5.41 Å². The normalized spacial score (nSPS) is 11.4. The molecule has 11 heavy (non-hydrogen) atoms. The molecule has 2 N–H and O–H groups in total. The van der Waals surface area contributed by atoms with Crippen molar-refractivity contribution in [2.75, 3.05) is 0 Å². The Bertz CT molecular complexity index is 159. The molecule has 0 saturated carbocycles. The molecule has 0 saturated heterocycles. The predicted octanol–water partition coefficient (Wildman–Crippen LogP) is 1.77. The van der Waals surface area contributed by atoms with Gasteiger partial charge in [0.15, 0.2) is 0 Å². The van der Waals surface area contributed by atoms with Crippen LogP contribution < -0.4 is 5.32 Å². The van der Waals surface area contributed by atoms with E-state index in [1.165, 1.54) is 6.20 Å². The monoisotopic (exact) mass is 153 g/mol. The molecule has 0 rings (SSSR count). The second kappa shape index (κ2) is 5.65. The van der Waals surface area contributed by atoms with Crippen molar-refractivity contribution in [3.8, 4) is 0 Å². The van der Waals surface area contributed by atoms with Gasteiger partial charge in [-0.25, -0.2) is 4.99 Å². The maximum Gasteiger partial charge on any atom is 0.107 e. The molecule has 0 aromatic heterocycles. The van der Waals surface area contributed by atoms with Gasteiger partial charge in [0.2, 0.25) is 0 Å². The van der Waals surface area contributed by atoms with Gasteiger partial charge in [-0.3, -0.25) is 5.41 Å². The molecule has 3 heteroatoms. The van der Waals surface area contributed by atoms with Crippen LogP contribution in [0.25, 0.3) is 0 Å². The average Bonchev–Trinajstić information content (AvgIpc) is 1.87. The summed E-state index contributed by atoms with van der Waals surface area (Å²) in [5.41, 5.74) is 0. The van der Waals surface area contributed by atoms with E-state index in [-0.39, 0.29) is 0 Å². The van der Waals surface area contributed by atoms with Crippen LogP contribution in [0.15, 0.2) is 17.8 Å². The summed E-state index contributed by atoms with van der Waals surface area (Å²) in [7, 11) is 0. The van der Waals surface area contributed by atoms with Crippen molar-refractivity contribution >= 4 is 12.2 Å². The van der Waals surface area contributed by atoms with Gasteiger partial charge in [-0.15, -0.1) is 0 Å². The molecule has 62 valence electrons. The molecule has 0 amide bonds. The van der Waals surface area contributed by atoms with Gasteiger partial charge < -0.3 is 5.32 Å². The Morgan fingerprint density at radius 1 is 1.73 bits per heavy atom. The second-order valence-electron chi connectivity index (χ2n) is 2.65. The van der Waals surface area contributed by atoms with Crippen LogP contribution in [0.1, 0.15) is 20.3 Å². The van der Waals surface area contributed by atoms with Crippen molar-refractivity contribution < 1.29 is 0 Å². The fourth-order valence-electron chi connectivity index (χ4n) is 0.729. The molecule has 0 aliphatic rings. The van der Waals surface area contributed by atoms with Crippen LogP contribution in [0, 0.1) is 11.3 Å². The van der Waals surface area contributed by atoms with Gasteiger partial charge in [0.25, 0.3) is 0 Å². The fourth-order valence-corrected chi connectivity index (χ4v) is 0.729. The molecule has 0 heterocycles. The third-order valence-corrected chi connectivity index (χ3v) is 1.09. The molecule has 3 nitrogen and oxygen atoms in total. The van der Waals surface area contributed by atoms with Crippen LogP contribution in [-0.4, -0.2) is 12.2 Å². The van der Waals surface area contributed by atoms with Crippen molar-refractivity contribution in [3.63, 3.8) is 0 Å². The summed E-state index contributed by atoms with van der Waals surface area (Å²) in [6, 6.07) is 0. The van der Waals surface area contributed by atoms with Crippen LogP contribution >= 0.6 is 0 Å². The summed E-state index contributed by atoms with van der Waals surface area (Å²) < 4.78 is 0. The van der Waals surface area contributed by atoms with E-state index in [0.717, 1.165) is 18.6 Å². The lowest BCUT2D eigenvalue weighted by atomic mass is 10.1. The topological polar surface area (TPSA) is 48.2 Å². The minimum Gasteiger partial charge on any atom is -0.335 e.